The second-order valence-corrected chi connectivity index (χ2v) is 9.10. The highest BCUT2D eigenvalue weighted by atomic mass is 35.5. The van der Waals surface area contributed by atoms with Crippen LogP contribution < -0.4 is 10.1 Å². The average Bonchev–Trinajstić information content (AvgIpc) is 3.09. The molecule has 172 valence electrons. The average molecular weight is 493 g/mol. The molecule has 6 nitrogen and oxygen atoms in total. The third-order valence-corrected chi connectivity index (χ3v) is 6.17. The van der Waals surface area contributed by atoms with Crippen LogP contribution in [0.5, 0.6) is 5.75 Å². The fourth-order valence-electron chi connectivity index (χ4n) is 3.20. The van der Waals surface area contributed by atoms with Crippen LogP contribution in [0.15, 0.2) is 77.7 Å². The monoisotopic (exact) mass is 492 g/mol. The lowest BCUT2D eigenvalue weighted by molar-refractivity contribution is -0.123. The van der Waals surface area contributed by atoms with Crippen LogP contribution in [-0.4, -0.2) is 28.6 Å². The number of carbonyl (C=O) groups is 3. The Morgan fingerprint density at radius 2 is 1.68 bits per heavy atom. The third kappa shape index (κ3) is 6.07. The number of aryl methyl sites for hydroxylation is 1. The molecule has 0 atom stereocenters. The minimum atomic E-state index is -0.335. The first-order valence-electron chi connectivity index (χ1n) is 10.5. The van der Waals surface area contributed by atoms with Crippen molar-refractivity contribution in [3.63, 3.8) is 0 Å². The van der Waals surface area contributed by atoms with Crippen molar-refractivity contribution in [2.75, 3.05) is 11.9 Å². The Balaban J connectivity index is 1.33. The number of amides is 3. The standard InChI is InChI=1S/C26H21ClN2O4S/c1-17-2-10-21(11-3-17)28-24(30)16-33-22-12-6-18(7-13-22)14-23-25(31)29(26(32)34-23)15-19-4-8-20(27)9-5-19/h2-14H,15-16H2,1H3,(H,28,30)/b23-14+. The van der Waals surface area contributed by atoms with Crippen LogP contribution in [0, 0.1) is 6.92 Å². The maximum absolute atomic E-state index is 12.7. The van der Waals surface area contributed by atoms with E-state index in [-0.39, 0.29) is 30.2 Å². The van der Waals surface area contributed by atoms with Crippen LogP contribution in [0.25, 0.3) is 6.08 Å². The van der Waals surface area contributed by atoms with Gasteiger partial charge in [-0.3, -0.25) is 19.3 Å². The molecule has 0 bridgehead atoms. The summed E-state index contributed by atoms with van der Waals surface area (Å²) in [4.78, 5) is 38.7. The van der Waals surface area contributed by atoms with Crippen LogP contribution in [0.1, 0.15) is 16.7 Å². The van der Waals surface area contributed by atoms with Gasteiger partial charge < -0.3 is 10.1 Å². The smallest absolute Gasteiger partial charge is 0.293 e. The van der Waals surface area contributed by atoms with Crippen LogP contribution in [0.2, 0.25) is 5.02 Å². The minimum Gasteiger partial charge on any atom is -0.484 e. The van der Waals surface area contributed by atoms with Crippen molar-refractivity contribution in [3.05, 3.63) is 99.4 Å². The number of ether oxygens (including phenoxy) is 1. The Labute approximate surface area is 206 Å². The number of rotatable bonds is 7. The van der Waals surface area contributed by atoms with E-state index in [1.54, 1.807) is 54.6 Å². The van der Waals surface area contributed by atoms with E-state index < -0.39 is 0 Å². The Morgan fingerprint density at radius 1 is 1.00 bits per heavy atom. The Bertz CT molecular complexity index is 1240. The first-order valence-corrected chi connectivity index (χ1v) is 11.7. The normalized spacial score (nSPS) is 14.5. The van der Waals surface area contributed by atoms with Gasteiger partial charge >= 0.3 is 0 Å². The molecule has 3 aromatic rings. The number of anilines is 1. The fourth-order valence-corrected chi connectivity index (χ4v) is 4.17. The van der Waals surface area contributed by atoms with E-state index in [0.717, 1.165) is 28.5 Å². The molecule has 1 fully saturated rings. The van der Waals surface area contributed by atoms with E-state index in [1.165, 1.54) is 4.90 Å². The van der Waals surface area contributed by atoms with Gasteiger partial charge in [0.2, 0.25) is 0 Å². The van der Waals surface area contributed by atoms with Crippen LogP contribution in [0.3, 0.4) is 0 Å². The van der Waals surface area contributed by atoms with Crippen LogP contribution in [0.4, 0.5) is 10.5 Å². The molecule has 0 unspecified atom stereocenters. The maximum atomic E-state index is 12.7. The number of thioether (sulfide) groups is 1. The van der Waals surface area contributed by atoms with Crippen molar-refractivity contribution < 1.29 is 19.1 Å². The summed E-state index contributed by atoms with van der Waals surface area (Å²) in [6.45, 7) is 2.04. The second kappa shape index (κ2) is 10.6. The molecular formula is C26H21ClN2O4S. The summed E-state index contributed by atoms with van der Waals surface area (Å²) in [6, 6.07) is 21.5. The van der Waals surface area contributed by atoms with Gasteiger partial charge in [0.05, 0.1) is 11.4 Å². The van der Waals surface area contributed by atoms with Gasteiger partial charge in [0, 0.05) is 10.7 Å². The predicted octanol–water partition coefficient (Wildman–Crippen LogP) is 5.90. The zero-order valence-corrected chi connectivity index (χ0v) is 19.9. The van der Waals surface area contributed by atoms with Crippen LogP contribution in [-0.2, 0) is 16.1 Å². The number of hydrogen-bond donors (Lipinski definition) is 1. The number of nitrogens with one attached hydrogen (secondary N) is 1. The number of imide groups is 1. The topological polar surface area (TPSA) is 75.7 Å². The number of halogens is 1. The predicted molar refractivity (Wildman–Crippen MR) is 135 cm³/mol. The third-order valence-electron chi connectivity index (χ3n) is 5.01. The molecule has 1 N–H and O–H groups in total. The highest BCUT2D eigenvalue weighted by Gasteiger charge is 2.34. The number of carbonyl (C=O) groups excluding carboxylic acids is 3. The fraction of sp³-hybridized carbons (Fsp3) is 0.115. The molecule has 3 amide bonds. The van der Waals surface area contributed by atoms with Gasteiger partial charge in [-0.1, -0.05) is 53.6 Å². The summed E-state index contributed by atoms with van der Waals surface area (Å²) in [6.07, 6.45) is 1.67. The molecule has 34 heavy (non-hydrogen) atoms. The summed E-state index contributed by atoms with van der Waals surface area (Å²) in [5, 5.41) is 3.06. The molecule has 0 aromatic heterocycles. The van der Waals surface area contributed by atoms with Crippen LogP contribution >= 0.6 is 23.4 Å². The zero-order chi connectivity index (χ0) is 24.1. The lowest BCUT2D eigenvalue weighted by atomic mass is 10.2. The molecule has 0 aliphatic carbocycles. The van der Waals surface area contributed by atoms with Crippen molar-refractivity contribution in [1.82, 2.24) is 4.90 Å². The van der Waals surface area contributed by atoms with E-state index in [4.69, 9.17) is 16.3 Å². The summed E-state index contributed by atoms with van der Waals surface area (Å²) < 4.78 is 5.54. The summed E-state index contributed by atoms with van der Waals surface area (Å²) in [5.41, 5.74) is 3.38. The SMILES string of the molecule is Cc1ccc(NC(=O)COc2ccc(/C=C3/SC(=O)N(Cc4ccc(Cl)cc4)C3=O)cc2)cc1. The van der Waals surface area contributed by atoms with Crippen molar-refractivity contribution in [2.45, 2.75) is 13.5 Å². The van der Waals surface area contributed by atoms with E-state index in [9.17, 15) is 14.4 Å². The molecule has 3 aromatic carbocycles. The van der Waals surface area contributed by atoms with Gasteiger partial charge in [0.25, 0.3) is 17.1 Å². The van der Waals surface area contributed by atoms with Gasteiger partial charge in [-0.05, 0) is 72.3 Å². The highest BCUT2D eigenvalue weighted by molar-refractivity contribution is 8.18. The summed E-state index contributed by atoms with van der Waals surface area (Å²) >= 11 is 6.80. The Kier molecular flexibility index (Phi) is 7.35. The van der Waals surface area contributed by atoms with Gasteiger partial charge in [-0.25, -0.2) is 0 Å². The molecule has 1 aliphatic heterocycles. The largest absolute Gasteiger partial charge is 0.484 e. The number of benzene rings is 3. The molecule has 1 saturated heterocycles. The summed E-state index contributed by atoms with van der Waals surface area (Å²) in [5.74, 6) is -0.0765. The number of nitrogens with zero attached hydrogens (tertiary/aromatic N) is 1. The van der Waals surface area contributed by atoms with E-state index in [2.05, 4.69) is 5.32 Å². The Morgan fingerprint density at radius 3 is 2.35 bits per heavy atom. The maximum Gasteiger partial charge on any atom is 0.293 e. The van der Waals surface area contributed by atoms with Gasteiger partial charge in [0.15, 0.2) is 6.61 Å². The van der Waals surface area contributed by atoms with Gasteiger partial charge in [-0.15, -0.1) is 0 Å². The van der Waals surface area contributed by atoms with E-state index in [1.807, 2.05) is 31.2 Å². The highest BCUT2D eigenvalue weighted by Crippen LogP contribution is 2.33. The lowest BCUT2D eigenvalue weighted by Crippen LogP contribution is -2.27. The Hall–Kier alpha value is -3.55. The lowest BCUT2D eigenvalue weighted by Gasteiger charge is -2.12. The first-order chi connectivity index (χ1) is 16.4. The van der Waals surface area contributed by atoms with E-state index in [0.29, 0.717) is 21.4 Å². The van der Waals surface area contributed by atoms with Crippen molar-refractivity contribution in [1.29, 1.82) is 0 Å². The van der Waals surface area contributed by atoms with Crippen molar-refractivity contribution >= 4 is 52.2 Å². The van der Waals surface area contributed by atoms with Crippen molar-refractivity contribution in [2.24, 2.45) is 0 Å². The second-order valence-electron chi connectivity index (χ2n) is 7.67. The summed E-state index contributed by atoms with van der Waals surface area (Å²) in [7, 11) is 0. The van der Waals surface area contributed by atoms with Crippen molar-refractivity contribution in [3.8, 4) is 5.75 Å². The minimum absolute atomic E-state index is 0.128. The van der Waals surface area contributed by atoms with E-state index >= 15 is 0 Å². The molecule has 0 radical (unpaired) electrons. The van der Waals surface area contributed by atoms with Gasteiger partial charge in [-0.2, -0.15) is 0 Å². The molecule has 1 aliphatic rings. The molecule has 8 heteroatoms. The van der Waals surface area contributed by atoms with Gasteiger partial charge in [0.1, 0.15) is 5.75 Å². The molecular weight excluding hydrogens is 472 g/mol. The zero-order valence-electron chi connectivity index (χ0n) is 18.3. The number of hydrogen-bond acceptors (Lipinski definition) is 5. The molecule has 0 spiro atoms. The molecule has 1 heterocycles. The first kappa shape index (κ1) is 23.6. The quantitative estimate of drug-likeness (QED) is 0.415. The molecule has 0 saturated carbocycles. The molecule has 4 rings (SSSR count).